The van der Waals surface area contributed by atoms with E-state index >= 15 is 0 Å². The van der Waals surface area contributed by atoms with Crippen molar-refractivity contribution in [1.82, 2.24) is 0 Å². The minimum Gasteiger partial charge on any atom is -0.466 e. The summed E-state index contributed by atoms with van der Waals surface area (Å²) in [5, 5.41) is 0. The third kappa shape index (κ3) is 2.34. The smallest absolute Gasteiger partial charge is 0.340 e. The van der Waals surface area contributed by atoms with Gasteiger partial charge < -0.3 is 24.8 Å². The molecule has 2 aliphatic rings. The van der Waals surface area contributed by atoms with Gasteiger partial charge in [0, 0.05) is 17.8 Å². The summed E-state index contributed by atoms with van der Waals surface area (Å²) in [6.45, 7) is 5.34. The molecule has 8 nitrogen and oxygen atoms in total. The molecule has 146 valence electrons. The van der Waals surface area contributed by atoms with Crippen molar-refractivity contribution in [2.75, 3.05) is 25.7 Å². The van der Waals surface area contributed by atoms with Crippen molar-refractivity contribution >= 4 is 23.5 Å². The Morgan fingerprint density at radius 1 is 1.21 bits per heavy atom. The topological polar surface area (TPSA) is 108 Å². The van der Waals surface area contributed by atoms with Gasteiger partial charge in [0.25, 0.3) is 0 Å². The van der Waals surface area contributed by atoms with Crippen LogP contribution in [0.1, 0.15) is 12.5 Å². The van der Waals surface area contributed by atoms with Crippen molar-refractivity contribution in [2.24, 2.45) is 5.73 Å². The highest BCUT2D eigenvalue weighted by Gasteiger charge is 2.63. The van der Waals surface area contributed by atoms with Gasteiger partial charge in [-0.3, -0.25) is 4.79 Å². The second-order valence-corrected chi connectivity index (χ2v) is 6.23. The van der Waals surface area contributed by atoms with Gasteiger partial charge in [-0.25, -0.2) is 9.59 Å². The molecule has 0 fully saturated rings. The molecule has 1 atom stereocenters. The number of nitrogens with zero attached hydrogens (tertiary/aromatic N) is 1. The number of amides is 1. The molecule has 2 N–H and O–H groups in total. The lowest BCUT2D eigenvalue weighted by atomic mass is 9.67. The molecule has 0 unspecified atom stereocenters. The van der Waals surface area contributed by atoms with Gasteiger partial charge >= 0.3 is 11.9 Å². The fourth-order valence-electron chi connectivity index (χ4n) is 3.84. The lowest BCUT2D eigenvalue weighted by Crippen LogP contribution is -2.50. The van der Waals surface area contributed by atoms with Crippen molar-refractivity contribution in [1.29, 1.82) is 0 Å². The zero-order chi connectivity index (χ0) is 20.6. The molecule has 8 heteroatoms. The van der Waals surface area contributed by atoms with Crippen LogP contribution in [-0.2, 0) is 34.0 Å². The van der Waals surface area contributed by atoms with Crippen LogP contribution in [0.4, 0.5) is 5.69 Å². The molecular formula is C20H20N2O6. The highest BCUT2D eigenvalue weighted by Crippen LogP contribution is 2.54. The van der Waals surface area contributed by atoms with Gasteiger partial charge in [-0.2, -0.15) is 0 Å². The minimum absolute atomic E-state index is 0.0700. The number of carbonyl (C=O) groups is 3. The number of carbonyl (C=O) groups excluding carboxylic acids is 3. The first kappa shape index (κ1) is 19.2. The largest absolute Gasteiger partial charge is 0.466 e. The van der Waals surface area contributed by atoms with E-state index in [1.165, 1.54) is 18.9 Å². The molecule has 0 aliphatic carbocycles. The summed E-state index contributed by atoms with van der Waals surface area (Å²) in [4.78, 5) is 40.7. The van der Waals surface area contributed by atoms with Gasteiger partial charge in [-0.1, -0.05) is 24.3 Å². The van der Waals surface area contributed by atoms with Crippen molar-refractivity contribution in [3.8, 4) is 0 Å². The number of rotatable bonds is 4. The Labute approximate surface area is 161 Å². The number of hydrogen-bond donors (Lipinski definition) is 1. The molecule has 0 saturated heterocycles. The standard InChI is InChI=1S/C20H20N2O6/c1-5-10-22-13-9-7-6-8-12(13)20(19(22)25)14(17(23)26-3)11(2)28-16(21)15(20)18(24)27-4/h5-9H,1,10,21H2,2-4H3/t20-/m0/s1. The second kappa shape index (κ2) is 6.88. The van der Waals surface area contributed by atoms with Gasteiger partial charge in [0.15, 0.2) is 0 Å². The molecule has 1 amide bonds. The van der Waals surface area contributed by atoms with E-state index in [1.54, 1.807) is 30.3 Å². The summed E-state index contributed by atoms with van der Waals surface area (Å²) in [6.07, 6.45) is 1.55. The Morgan fingerprint density at radius 3 is 2.43 bits per heavy atom. The third-order valence-electron chi connectivity index (χ3n) is 4.87. The minimum atomic E-state index is -1.84. The molecular weight excluding hydrogens is 364 g/mol. The molecule has 1 aromatic carbocycles. The van der Waals surface area contributed by atoms with Gasteiger partial charge in [0.05, 0.1) is 14.2 Å². The number of fused-ring (bicyclic) bond motifs is 2. The maximum Gasteiger partial charge on any atom is 0.340 e. The average molecular weight is 384 g/mol. The number of nitrogens with two attached hydrogens (primary N) is 1. The Morgan fingerprint density at radius 2 is 1.82 bits per heavy atom. The van der Waals surface area contributed by atoms with E-state index in [9.17, 15) is 14.4 Å². The fourth-order valence-corrected chi connectivity index (χ4v) is 3.84. The summed E-state index contributed by atoms with van der Waals surface area (Å²) in [5.74, 6) is -2.47. The summed E-state index contributed by atoms with van der Waals surface area (Å²) >= 11 is 0. The highest BCUT2D eigenvalue weighted by molar-refractivity contribution is 6.22. The SMILES string of the molecule is C=CCN1C(=O)[C@]2(C(C(=O)OC)=C(C)OC(N)=C2C(=O)OC)c2ccccc21. The number of esters is 2. The van der Waals surface area contributed by atoms with E-state index in [0.29, 0.717) is 11.3 Å². The Kier molecular flexibility index (Phi) is 4.72. The summed E-state index contributed by atoms with van der Waals surface area (Å²) in [6, 6.07) is 6.83. The van der Waals surface area contributed by atoms with Crippen molar-refractivity contribution < 1.29 is 28.6 Å². The van der Waals surface area contributed by atoms with Crippen LogP contribution >= 0.6 is 0 Å². The Bertz CT molecular complexity index is 921. The van der Waals surface area contributed by atoms with Crippen LogP contribution in [0.2, 0.25) is 0 Å². The number of hydrogen-bond acceptors (Lipinski definition) is 7. The van der Waals surface area contributed by atoms with E-state index in [2.05, 4.69) is 6.58 Å². The zero-order valence-corrected chi connectivity index (χ0v) is 15.8. The lowest BCUT2D eigenvalue weighted by Gasteiger charge is -2.35. The lowest BCUT2D eigenvalue weighted by molar-refractivity contribution is -0.141. The molecule has 1 aromatic rings. The van der Waals surface area contributed by atoms with Crippen molar-refractivity contribution in [3.05, 3.63) is 65.3 Å². The number of benzene rings is 1. The van der Waals surface area contributed by atoms with E-state index in [0.717, 1.165) is 7.11 Å². The predicted molar refractivity (Wildman–Crippen MR) is 99.7 cm³/mol. The number of para-hydroxylation sites is 1. The van der Waals surface area contributed by atoms with Gasteiger partial charge in [0.1, 0.15) is 22.3 Å². The van der Waals surface area contributed by atoms with Gasteiger partial charge in [-0.15, -0.1) is 6.58 Å². The second-order valence-electron chi connectivity index (χ2n) is 6.23. The number of ether oxygens (including phenoxy) is 3. The quantitative estimate of drug-likeness (QED) is 0.615. The molecule has 1 spiro atoms. The molecule has 0 saturated carbocycles. The molecule has 2 heterocycles. The third-order valence-corrected chi connectivity index (χ3v) is 4.87. The Hall–Kier alpha value is -3.55. The van der Waals surface area contributed by atoms with E-state index in [-0.39, 0.29) is 29.3 Å². The van der Waals surface area contributed by atoms with Crippen LogP contribution in [0, 0.1) is 0 Å². The van der Waals surface area contributed by atoms with Crippen LogP contribution in [-0.4, -0.2) is 38.6 Å². The molecule has 2 aliphatic heterocycles. The number of anilines is 1. The predicted octanol–water partition coefficient (Wildman–Crippen LogP) is 1.28. The van der Waals surface area contributed by atoms with Crippen LogP contribution in [0.5, 0.6) is 0 Å². The molecule has 28 heavy (non-hydrogen) atoms. The summed E-state index contributed by atoms with van der Waals surface area (Å²) in [5.41, 5.74) is 4.74. The number of allylic oxidation sites excluding steroid dienone is 1. The highest BCUT2D eigenvalue weighted by atomic mass is 16.5. The van der Waals surface area contributed by atoms with Crippen molar-refractivity contribution in [3.63, 3.8) is 0 Å². The molecule has 0 aromatic heterocycles. The van der Waals surface area contributed by atoms with E-state index in [1.807, 2.05) is 0 Å². The van der Waals surface area contributed by atoms with Crippen LogP contribution in [0.3, 0.4) is 0 Å². The monoisotopic (exact) mass is 384 g/mol. The van der Waals surface area contributed by atoms with E-state index < -0.39 is 23.3 Å². The maximum absolute atomic E-state index is 13.8. The normalized spacial score (nSPS) is 20.8. The van der Waals surface area contributed by atoms with Crippen LogP contribution < -0.4 is 10.6 Å². The average Bonchev–Trinajstić information content (AvgIpc) is 2.91. The van der Waals surface area contributed by atoms with Crippen LogP contribution in [0.25, 0.3) is 0 Å². The first-order valence-corrected chi connectivity index (χ1v) is 8.44. The molecule has 0 bridgehead atoms. The molecule has 0 radical (unpaired) electrons. The fraction of sp³-hybridized carbons (Fsp3) is 0.250. The zero-order valence-electron chi connectivity index (χ0n) is 15.8. The first-order chi connectivity index (χ1) is 13.4. The Balaban J connectivity index is 2.47. The van der Waals surface area contributed by atoms with Gasteiger partial charge in [-0.05, 0) is 13.0 Å². The first-order valence-electron chi connectivity index (χ1n) is 8.44. The van der Waals surface area contributed by atoms with Crippen LogP contribution in [0.15, 0.2) is 59.7 Å². The van der Waals surface area contributed by atoms with E-state index in [4.69, 9.17) is 19.9 Å². The maximum atomic E-state index is 13.8. The van der Waals surface area contributed by atoms with Gasteiger partial charge in [0.2, 0.25) is 11.8 Å². The van der Waals surface area contributed by atoms with Crippen molar-refractivity contribution in [2.45, 2.75) is 12.3 Å². The summed E-state index contributed by atoms with van der Waals surface area (Å²) in [7, 11) is 2.34. The molecule has 3 rings (SSSR count). The summed E-state index contributed by atoms with van der Waals surface area (Å²) < 4.78 is 15.2. The number of methoxy groups -OCH3 is 2.